The lowest BCUT2D eigenvalue weighted by atomic mass is 9.89. The molecule has 0 radical (unpaired) electrons. The number of benzene rings is 2. The van der Waals surface area contributed by atoms with Gasteiger partial charge in [0.15, 0.2) is 0 Å². The van der Waals surface area contributed by atoms with Gasteiger partial charge >= 0.3 is 5.97 Å². The Labute approximate surface area is 123 Å². The second kappa shape index (κ2) is 5.68. The van der Waals surface area contributed by atoms with Crippen molar-refractivity contribution < 1.29 is 13.9 Å². The number of carbonyl (C=O) groups excluding carboxylic acids is 1. The number of rotatable bonds is 2. The second-order valence-electron chi connectivity index (χ2n) is 5.42. The highest BCUT2D eigenvalue weighted by Crippen LogP contribution is 2.33. The van der Waals surface area contributed by atoms with Crippen LogP contribution in [0, 0.1) is 12.7 Å². The summed E-state index contributed by atoms with van der Waals surface area (Å²) in [7, 11) is 0. The van der Waals surface area contributed by atoms with Crippen molar-refractivity contribution >= 4 is 5.97 Å². The topological polar surface area (TPSA) is 26.3 Å². The lowest BCUT2D eigenvalue weighted by Crippen LogP contribution is -2.17. The first-order valence-corrected chi connectivity index (χ1v) is 7.20. The van der Waals surface area contributed by atoms with Crippen LogP contribution in [0.15, 0.2) is 42.5 Å². The molecule has 1 atom stereocenters. The van der Waals surface area contributed by atoms with Gasteiger partial charge < -0.3 is 4.74 Å². The molecule has 0 heterocycles. The predicted octanol–water partition coefficient (Wildman–Crippen LogP) is 4.37. The van der Waals surface area contributed by atoms with Crippen LogP contribution in [0.1, 0.15) is 46.0 Å². The zero-order chi connectivity index (χ0) is 14.8. The van der Waals surface area contributed by atoms with Crippen molar-refractivity contribution in [2.75, 3.05) is 0 Å². The Bertz CT molecular complexity index is 679. The molecule has 0 saturated heterocycles. The molecule has 2 nitrogen and oxygen atoms in total. The second-order valence-corrected chi connectivity index (χ2v) is 5.42. The minimum atomic E-state index is -0.585. The summed E-state index contributed by atoms with van der Waals surface area (Å²) in [5.41, 5.74) is 2.72. The number of esters is 1. The van der Waals surface area contributed by atoms with Crippen LogP contribution < -0.4 is 0 Å². The molecule has 0 saturated carbocycles. The van der Waals surface area contributed by atoms with Gasteiger partial charge in [0.1, 0.15) is 11.9 Å². The normalized spacial score (nSPS) is 17.1. The van der Waals surface area contributed by atoms with Crippen LogP contribution in [-0.4, -0.2) is 5.97 Å². The summed E-state index contributed by atoms with van der Waals surface area (Å²) in [6.07, 6.45) is 2.49. The molecular weight excluding hydrogens is 267 g/mol. The molecule has 3 heteroatoms. The van der Waals surface area contributed by atoms with Crippen molar-refractivity contribution in [3.63, 3.8) is 0 Å². The zero-order valence-corrected chi connectivity index (χ0v) is 11.9. The third kappa shape index (κ3) is 2.68. The number of hydrogen-bond donors (Lipinski definition) is 0. The molecule has 0 bridgehead atoms. The van der Waals surface area contributed by atoms with E-state index < -0.39 is 11.8 Å². The van der Waals surface area contributed by atoms with E-state index in [0.717, 1.165) is 24.8 Å². The fourth-order valence-corrected chi connectivity index (χ4v) is 2.83. The molecule has 1 aliphatic rings. The molecule has 0 spiro atoms. The standard InChI is InChI=1S/C18H17FO2/c1-12-6-4-10-15(17(12)19)18(20)21-16-11-5-8-13-7-2-3-9-14(13)16/h2-4,6-7,9-10,16H,5,8,11H2,1H3. The van der Waals surface area contributed by atoms with E-state index in [1.165, 1.54) is 11.6 Å². The number of ether oxygens (including phenoxy) is 1. The van der Waals surface area contributed by atoms with Crippen LogP contribution in [0.25, 0.3) is 0 Å². The number of fused-ring (bicyclic) bond motifs is 1. The van der Waals surface area contributed by atoms with Crippen molar-refractivity contribution in [1.82, 2.24) is 0 Å². The van der Waals surface area contributed by atoms with Crippen LogP contribution >= 0.6 is 0 Å². The van der Waals surface area contributed by atoms with E-state index in [1.807, 2.05) is 18.2 Å². The average Bonchev–Trinajstić information content (AvgIpc) is 2.50. The first-order chi connectivity index (χ1) is 10.2. The van der Waals surface area contributed by atoms with Crippen LogP contribution in [0.3, 0.4) is 0 Å². The van der Waals surface area contributed by atoms with Gasteiger partial charge in [0, 0.05) is 0 Å². The lowest BCUT2D eigenvalue weighted by molar-refractivity contribution is 0.0251. The number of carbonyl (C=O) groups is 1. The predicted molar refractivity (Wildman–Crippen MR) is 78.7 cm³/mol. The maximum absolute atomic E-state index is 14.0. The minimum absolute atomic E-state index is 0.0121. The van der Waals surface area contributed by atoms with Gasteiger partial charge in [-0.1, -0.05) is 36.4 Å². The fourth-order valence-electron chi connectivity index (χ4n) is 2.83. The summed E-state index contributed by atoms with van der Waals surface area (Å²) in [4.78, 5) is 12.2. The summed E-state index contributed by atoms with van der Waals surface area (Å²) in [6.45, 7) is 1.64. The van der Waals surface area contributed by atoms with Crippen molar-refractivity contribution in [3.05, 3.63) is 70.5 Å². The molecule has 2 aromatic carbocycles. The lowest BCUT2D eigenvalue weighted by Gasteiger charge is -2.25. The molecule has 2 aromatic rings. The van der Waals surface area contributed by atoms with Crippen LogP contribution in [0.2, 0.25) is 0 Å². The zero-order valence-electron chi connectivity index (χ0n) is 11.9. The van der Waals surface area contributed by atoms with Gasteiger partial charge in [0.2, 0.25) is 0 Å². The highest BCUT2D eigenvalue weighted by Gasteiger charge is 2.25. The Kier molecular flexibility index (Phi) is 3.74. The van der Waals surface area contributed by atoms with Crippen molar-refractivity contribution in [1.29, 1.82) is 0 Å². The minimum Gasteiger partial charge on any atom is -0.454 e. The molecule has 0 fully saturated rings. The third-order valence-corrected chi connectivity index (χ3v) is 3.98. The summed E-state index contributed by atoms with van der Waals surface area (Å²) in [6, 6.07) is 12.8. The van der Waals surface area contributed by atoms with Gasteiger partial charge in [-0.2, -0.15) is 0 Å². The quantitative estimate of drug-likeness (QED) is 0.765. The van der Waals surface area contributed by atoms with Gasteiger partial charge in [0.05, 0.1) is 5.56 Å². The Hall–Kier alpha value is -2.16. The summed E-state index contributed by atoms with van der Waals surface area (Å²) >= 11 is 0. The van der Waals surface area contributed by atoms with Crippen LogP contribution in [0.4, 0.5) is 4.39 Å². The number of hydrogen-bond acceptors (Lipinski definition) is 2. The van der Waals surface area contributed by atoms with Crippen molar-refractivity contribution in [2.45, 2.75) is 32.3 Å². The third-order valence-electron chi connectivity index (χ3n) is 3.98. The summed E-state index contributed by atoms with van der Waals surface area (Å²) in [5.74, 6) is -1.08. The monoisotopic (exact) mass is 284 g/mol. The highest BCUT2D eigenvalue weighted by atomic mass is 19.1. The van der Waals surface area contributed by atoms with Crippen molar-refractivity contribution in [2.24, 2.45) is 0 Å². The van der Waals surface area contributed by atoms with Crippen LogP contribution in [0.5, 0.6) is 0 Å². The SMILES string of the molecule is Cc1cccc(C(=O)OC2CCCc3ccccc32)c1F. The Morgan fingerprint density at radius 1 is 1.19 bits per heavy atom. The van der Waals surface area contributed by atoms with E-state index in [0.29, 0.717) is 5.56 Å². The van der Waals surface area contributed by atoms with E-state index in [1.54, 1.807) is 19.1 Å². The Balaban J connectivity index is 1.85. The van der Waals surface area contributed by atoms with Gasteiger partial charge in [-0.15, -0.1) is 0 Å². The number of aryl methyl sites for hydroxylation is 2. The van der Waals surface area contributed by atoms with E-state index in [2.05, 4.69) is 6.07 Å². The van der Waals surface area contributed by atoms with Crippen molar-refractivity contribution in [3.8, 4) is 0 Å². The smallest absolute Gasteiger partial charge is 0.341 e. The van der Waals surface area contributed by atoms with E-state index in [-0.39, 0.29) is 11.7 Å². The first-order valence-electron chi connectivity index (χ1n) is 7.20. The summed E-state index contributed by atoms with van der Waals surface area (Å²) in [5, 5.41) is 0. The molecule has 0 aromatic heterocycles. The molecule has 21 heavy (non-hydrogen) atoms. The maximum Gasteiger partial charge on any atom is 0.341 e. The Morgan fingerprint density at radius 3 is 2.86 bits per heavy atom. The van der Waals surface area contributed by atoms with Gasteiger partial charge in [-0.25, -0.2) is 9.18 Å². The molecule has 0 aliphatic heterocycles. The van der Waals surface area contributed by atoms with Gasteiger partial charge in [-0.05, 0) is 48.9 Å². The van der Waals surface area contributed by atoms with Gasteiger partial charge in [-0.3, -0.25) is 0 Å². The first kappa shape index (κ1) is 13.8. The molecular formula is C18H17FO2. The molecule has 108 valence electrons. The van der Waals surface area contributed by atoms with Crippen LogP contribution in [-0.2, 0) is 11.2 Å². The molecule has 1 unspecified atom stereocenters. The Morgan fingerprint density at radius 2 is 2.00 bits per heavy atom. The molecule has 3 rings (SSSR count). The average molecular weight is 284 g/mol. The fraction of sp³-hybridized carbons (Fsp3) is 0.278. The highest BCUT2D eigenvalue weighted by molar-refractivity contribution is 5.90. The largest absolute Gasteiger partial charge is 0.454 e. The summed E-state index contributed by atoms with van der Waals surface area (Å²) < 4.78 is 19.6. The van der Waals surface area contributed by atoms with E-state index in [4.69, 9.17) is 4.74 Å². The van der Waals surface area contributed by atoms with E-state index >= 15 is 0 Å². The van der Waals surface area contributed by atoms with E-state index in [9.17, 15) is 9.18 Å². The number of halogens is 1. The molecule has 0 amide bonds. The molecule has 1 aliphatic carbocycles. The molecule has 0 N–H and O–H groups in total. The van der Waals surface area contributed by atoms with Gasteiger partial charge in [0.25, 0.3) is 0 Å². The maximum atomic E-state index is 14.0.